The summed E-state index contributed by atoms with van der Waals surface area (Å²) < 4.78 is 10.6. The van der Waals surface area contributed by atoms with Gasteiger partial charge < -0.3 is 9.47 Å². The molecular formula is C14H22N2O3. The van der Waals surface area contributed by atoms with Crippen molar-refractivity contribution in [1.29, 1.82) is 0 Å². The Bertz CT molecular complexity index is 387. The van der Waals surface area contributed by atoms with E-state index in [-0.39, 0.29) is 0 Å². The first-order chi connectivity index (χ1) is 8.88. The van der Waals surface area contributed by atoms with Gasteiger partial charge in [-0.3, -0.25) is 0 Å². The Morgan fingerprint density at radius 2 is 1.89 bits per heavy atom. The van der Waals surface area contributed by atoms with Crippen molar-refractivity contribution in [3.63, 3.8) is 0 Å². The van der Waals surface area contributed by atoms with Crippen LogP contribution in [0.1, 0.15) is 26.3 Å². The molecule has 2 N–H and O–H groups in total. The molecule has 0 fully saturated rings. The molecule has 1 rings (SSSR count). The molecule has 1 aromatic carbocycles. The second-order valence-electron chi connectivity index (χ2n) is 5.21. The monoisotopic (exact) mass is 266 g/mol. The molecule has 0 radical (unpaired) electrons. The number of nitrogens with two attached hydrogens (primary N) is 1. The fourth-order valence-corrected chi connectivity index (χ4v) is 1.34. The quantitative estimate of drug-likeness (QED) is 0.384. The van der Waals surface area contributed by atoms with Crippen molar-refractivity contribution < 1.29 is 14.3 Å². The van der Waals surface area contributed by atoms with Crippen LogP contribution in [-0.2, 0) is 16.1 Å². The second-order valence-corrected chi connectivity index (χ2v) is 5.21. The van der Waals surface area contributed by atoms with E-state index in [1.165, 1.54) is 0 Å². The van der Waals surface area contributed by atoms with Crippen LogP contribution in [0.5, 0.6) is 0 Å². The molecule has 0 aliphatic carbocycles. The lowest BCUT2D eigenvalue weighted by Gasteiger charge is -2.24. The lowest BCUT2D eigenvalue weighted by molar-refractivity contribution is 0.0162. The summed E-state index contributed by atoms with van der Waals surface area (Å²) >= 11 is 0. The zero-order valence-corrected chi connectivity index (χ0v) is 11.8. The van der Waals surface area contributed by atoms with Gasteiger partial charge in [-0.15, -0.1) is 0 Å². The number of hydrogen-bond acceptors (Lipinski definition) is 4. The van der Waals surface area contributed by atoms with Crippen LogP contribution in [-0.4, -0.2) is 29.9 Å². The first-order valence-electron chi connectivity index (χ1n) is 6.25. The molecule has 19 heavy (non-hydrogen) atoms. The van der Waals surface area contributed by atoms with Gasteiger partial charge in [0, 0.05) is 0 Å². The van der Waals surface area contributed by atoms with Gasteiger partial charge in [0.25, 0.3) is 0 Å². The van der Waals surface area contributed by atoms with E-state index in [1.807, 2.05) is 30.3 Å². The van der Waals surface area contributed by atoms with Gasteiger partial charge >= 0.3 is 6.09 Å². The number of amides is 1. The van der Waals surface area contributed by atoms with Crippen LogP contribution in [0.3, 0.4) is 0 Å². The minimum Gasteiger partial charge on any atom is -0.443 e. The van der Waals surface area contributed by atoms with Crippen molar-refractivity contribution in [3.8, 4) is 0 Å². The van der Waals surface area contributed by atoms with Gasteiger partial charge in [0.1, 0.15) is 5.60 Å². The van der Waals surface area contributed by atoms with Crippen molar-refractivity contribution >= 4 is 6.09 Å². The molecule has 1 amide bonds. The van der Waals surface area contributed by atoms with Crippen LogP contribution in [0, 0.1) is 0 Å². The van der Waals surface area contributed by atoms with Crippen LogP contribution < -0.4 is 5.84 Å². The Morgan fingerprint density at radius 3 is 2.47 bits per heavy atom. The number of nitrogens with zero attached hydrogens (tertiary/aromatic N) is 1. The molecule has 0 spiro atoms. The highest BCUT2D eigenvalue weighted by Gasteiger charge is 2.19. The normalized spacial score (nSPS) is 11.2. The average Bonchev–Trinajstić information content (AvgIpc) is 2.33. The van der Waals surface area contributed by atoms with Crippen LogP contribution >= 0.6 is 0 Å². The Balaban J connectivity index is 2.20. The third kappa shape index (κ3) is 6.79. The summed E-state index contributed by atoms with van der Waals surface area (Å²) in [6.45, 7) is 6.55. The minimum absolute atomic E-state index is 0.293. The maximum absolute atomic E-state index is 11.5. The van der Waals surface area contributed by atoms with Crippen LogP contribution in [0.15, 0.2) is 30.3 Å². The Kier molecular flexibility index (Phi) is 5.79. The lowest BCUT2D eigenvalue weighted by Crippen LogP contribution is -2.43. The fraction of sp³-hybridized carbons (Fsp3) is 0.500. The number of hydrazine groups is 1. The Hall–Kier alpha value is -1.59. The zero-order valence-electron chi connectivity index (χ0n) is 11.8. The molecule has 0 aliphatic heterocycles. The molecule has 1 aromatic rings. The second kappa shape index (κ2) is 7.11. The van der Waals surface area contributed by atoms with Gasteiger partial charge in [0.05, 0.1) is 19.8 Å². The van der Waals surface area contributed by atoms with Crippen molar-refractivity contribution in [2.24, 2.45) is 5.84 Å². The van der Waals surface area contributed by atoms with Crippen molar-refractivity contribution in [2.75, 3.05) is 13.2 Å². The van der Waals surface area contributed by atoms with Gasteiger partial charge in [-0.1, -0.05) is 30.3 Å². The number of ether oxygens (including phenoxy) is 2. The number of carbonyl (C=O) groups excluding carboxylic acids is 1. The average molecular weight is 266 g/mol. The summed E-state index contributed by atoms with van der Waals surface area (Å²) in [6.07, 6.45) is -0.546. The Labute approximate surface area is 114 Å². The fourth-order valence-electron chi connectivity index (χ4n) is 1.34. The van der Waals surface area contributed by atoms with Crippen molar-refractivity contribution in [1.82, 2.24) is 5.01 Å². The standard InChI is InChI=1S/C14H22N2O3/c1-14(2,3)19-13(17)16(15)9-10-18-11-12-7-5-4-6-8-12/h4-8H,9-11,15H2,1-3H3. The molecule has 5 heteroatoms. The van der Waals surface area contributed by atoms with Gasteiger partial charge in [0.2, 0.25) is 0 Å². The molecule has 5 nitrogen and oxygen atoms in total. The number of benzene rings is 1. The van der Waals surface area contributed by atoms with Gasteiger partial charge in [-0.25, -0.2) is 15.6 Å². The summed E-state index contributed by atoms with van der Waals surface area (Å²) in [5, 5.41) is 1.02. The van der Waals surface area contributed by atoms with E-state index >= 15 is 0 Å². The molecule has 0 unspecified atom stereocenters. The third-order valence-electron chi connectivity index (χ3n) is 2.22. The third-order valence-corrected chi connectivity index (χ3v) is 2.22. The molecule has 0 aromatic heterocycles. The van der Waals surface area contributed by atoms with E-state index in [1.54, 1.807) is 20.8 Å². The van der Waals surface area contributed by atoms with Crippen molar-refractivity contribution in [3.05, 3.63) is 35.9 Å². The summed E-state index contributed by atoms with van der Waals surface area (Å²) in [6, 6.07) is 9.82. The molecule has 0 bridgehead atoms. The maximum atomic E-state index is 11.5. The number of carbonyl (C=O) groups is 1. The van der Waals surface area contributed by atoms with E-state index in [0.717, 1.165) is 10.6 Å². The Morgan fingerprint density at radius 1 is 1.26 bits per heavy atom. The van der Waals surface area contributed by atoms with Gasteiger partial charge in [-0.05, 0) is 26.3 Å². The van der Waals surface area contributed by atoms with Gasteiger partial charge in [0.15, 0.2) is 0 Å². The predicted octanol–water partition coefficient (Wildman–Crippen LogP) is 2.31. The summed E-state index contributed by atoms with van der Waals surface area (Å²) in [7, 11) is 0. The first-order valence-corrected chi connectivity index (χ1v) is 6.25. The van der Waals surface area contributed by atoms with E-state index in [0.29, 0.717) is 19.8 Å². The van der Waals surface area contributed by atoms with Crippen molar-refractivity contribution in [2.45, 2.75) is 33.0 Å². The topological polar surface area (TPSA) is 64.8 Å². The van der Waals surface area contributed by atoms with Gasteiger partial charge in [-0.2, -0.15) is 0 Å². The minimum atomic E-state index is -0.546. The molecular weight excluding hydrogens is 244 g/mol. The lowest BCUT2D eigenvalue weighted by atomic mass is 10.2. The van der Waals surface area contributed by atoms with E-state index in [4.69, 9.17) is 15.3 Å². The first kappa shape index (κ1) is 15.5. The number of rotatable bonds is 5. The van der Waals surface area contributed by atoms with E-state index in [2.05, 4.69) is 0 Å². The highest BCUT2D eigenvalue weighted by Crippen LogP contribution is 2.08. The van der Waals surface area contributed by atoms with Crippen LogP contribution in [0.25, 0.3) is 0 Å². The summed E-state index contributed by atoms with van der Waals surface area (Å²) in [5.41, 5.74) is 0.544. The summed E-state index contributed by atoms with van der Waals surface area (Å²) in [5.74, 6) is 5.58. The molecule has 0 aliphatic rings. The number of hydrogen-bond donors (Lipinski definition) is 1. The molecule has 0 saturated heterocycles. The van der Waals surface area contributed by atoms with E-state index < -0.39 is 11.7 Å². The van der Waals surface area contributed by atoms with E-state index in [9.17, 15) is 4.79 Å². The van der Waals surface area contributed by atoms with Crippen LogP contribution in [0.4, 0.5) is 4.79 Å². The smallest absolute Gasteiger partial charge is 0.424 e. The SMILES string of the molecule is CC(C)(C)OC(=O)N(N)CCOCc1ccccc1. The highest BCUT2D eigenvalue weighted by molar-refractivity contribution is 5.67. The molecule has 0 atom stereocenters. The predicted molar refractivity (Wildman–Crippen MR) is 73.2 cm³/mol. The van der Waals surface area contributed by atoms with Crippen LogP contribution in [0.2, 0.25) is 0 Å². The zero-order chi connectivity index (χ0) is 14.3. The molecule has 106 valence electrons. The maximum Gasteiger partial charge on any atom is 0.424 e. The highest BCUT2D eigenvalue weighted by atomic mass is 16.6. The molecule has 0 saturated carbocycles. The molecule has 0 heterocycles. The largest absolute Gasteiger partial charge is 0.443 e. The summed E-state index contributed by atoms with van der Waals surface area (Å²) in [4.78, 5) is 11.5.